The van der Waals surface area contributed by atoms with Crippen LogP contribution in [-0.4, -0.2) is 33.8 Å². The van der Waals surface area contributed by atoms with E-state index in [2.05, 4.69) is 9.37 Å². The van der Waals surface area contributed by atoms with Gasteiger partial charge in [0.25, 0.3) is 10.1 Å². The smallest absolute Gasteiger partial charge is 0.294 e. The van der Waals surface area contributed by atoms with Crippen molar-refractivity contribution in [1.29, 1.82) is 0 Å². The molecule has 9 nitrogen and oxygen atoms in total. The molecule has 0 bridgehead atoms. The van der Waals surface area contributed by atoms with Crippen molar-refractivity contribution >= 4 is 32.0 Å². The zero-order valence-electron chi connectivity index (χ0n) is 13.4. The van der Waals surface area contributed by atoms with E-state index in [1.807, 2.05) is 0 Å². The highest BCUT2D eigenvalue weighted by molar-refractivity contribution is 7.94. The van der Waals surface area contributed by atoms with Crippen LogP contribution in [0.4, 0.5) is 0 Å². The van der Waals surface area contributed by atoms with Crippen molar-refractivity contribution in [2.24, 2.45) is 0 Å². The van der Waals surface area contributed by atoms with Gasteiger partial charge in [-0.15, -0.1) is 4.33 Å². The molecule has 0 saturated carbocycles. The van der Waals surface area contributed by atoms with Crippen molar-refractivity contribution in [2.75, 3.05) is 7.11 Å². The molecular weight excluding hydrogens is 408 g/mol. The van der Waals surface area contributed by atoms with E-state index in [-0.39, 0.29) is 26.0 Å². The zero-order valence-corrected chi connectivity index (χ0v) is 15.9. The van der Waals surface area contributed by atoms with Gasteiger partial charge in [-0.05, 0) is 42.8 Å². The predicted octanol–water partition coefficient (Wildman–Crippen LogP) is 2.51. The van der Waals surface area contributed by atoms with Gasteiger partial charge in [0.05, 0.1) is 38.7 Å². The standard InChI is InChI=1S/C14H14O9S3/c1-9-3-4-11(8-14(9)26(18,19)20)25(16,17)10-5-6-12(21-2)13(7-10)24-23-22-15/h3-8,15H,1-2H3,(H,18,19,20). The molecule has 12 heteroatoms. The molecule has 0 aliphatic carbocycles. The van der Waals surface area contributed by atoms with Crippen LogP contribution < -0.4 is 4.74 Å². The Bertz CT molecular complexity index is 1010. The Hall–Kier alpha value is -1.67. The molecule has 0 fully saturated rings. The maximum absolute atomic E-state index is 12.8. The first-order valence-electron chi connectivity index (χ1n) is 6.77. The summed E-state index contributed by atoms with van der Waals surface area (Å²) in [6.07, 6.45) is 0. The van der Waals surface area contributed by atoms with Crippen molar-refractivity contribution in [2.45, 2.75) is 26.5 Å². The number of sulfone groups is 1. The highest BCUT2D eigenvalue weighted by Crippen LogP contribution is 2.34. The van der Waals surface area contributed by atoms with Crippen LogP contribution in [0.25, 0.3) is 0 Å². The lowest BCUT2D eigenvalue weighted by Gasteiger charge is -2.11. The summed E-state index contributed by atoms with van der Waals surface area (Å²) in [6, 6.07) is 7.19. The SMILES string of the molecule is COc1ccc(S(=O)(=O)c2ccc(C)c(S(=O)(=O)O)c2)cc1SOOO. The molecule has 0 aliphatic rings. The van der Waals surface area contributed by atoms with E-state index >= 15 is 0 Å². The van der Waals surface area contributed by atoms with Gasteiger partial charge >= 0.3 is 0 Å². The Kier molecular flexibility index (Phi) is 6.29. The number of benzene rings is 2. The third-order valence-corrected chi connectivity index (χ3v) is 6.72. The minimum atomic E-state index is -4.58. The first-order chi connectivity index (χ1) is 12.1. The Morgan fingerprint density at radius 3 is 2.19 bits per heavy atom. The lowest BCUT2D eigenvalue weighted by molar-refractivity contribution is -0.432. The Morgan fingerprint density at radius 1 is 1.00 bits per heavy atom. The van der Waals surface area contributed by atoms with Crippen LogP contribution >= 0.6 is 12.0 Å². The highest BCUT2D eigenvalue weighted by Gasteiger charge is 2.23. The van der Waals surface area contributed by atoms with Gasteiger partial charge < -0.3 is 4.74 Å². The van der Waals surface area contributed by atoms with Gasteiger partial charge in [0.15, 0.2) is 0 Å². The molecular formula is C14H14O9S3. The second-order valence-corrected chi connectivity index (χ2v) is 9.03. The molecule has 0 amide bonds. The Morgan fingerprint density at radius 2 is 1.62 bits per heavy atom. The van der Waals surface area contributed by atoms with Crippen LogP contribution in [0.15, 0.2) is 56.0 Å². The van der Waals surface area contributed by atoms with E-state index < -0.39 is 24.9 Å². The number of ether oxygens (including phenoxy) is 1. The molecule has 0 heterocycles. The second kappa shape index (κ2) is 7.92. The lowest BCUT2D eigenvalue weighted by atomic mass is 10.2. The molecule has 0 radical (unpaired) electrons. The zero-order chi connectivity index (χ0) is 19.5. The maximum Gasteiger partial charge on any atom is 0.294 e. The molecule has 2 aromatic carbocycles. The average Bonchev–Trinajstić information content (AvgIpc) is 2.58. The summed E-state index contributed by atoms with van der Waals surface area (Å²) in [7, 11) is -7.34. The monoisotopic (exact) mass is 422 g/mol. The quantitative estimate of drug-likeness (QED) is 0.296. The van der Waals surface area contributed by atoms with Gasteiger partial charge in [-0.1, -0.05) is 11.1 Å². The third-order valence-electron chi connectivity index (χ3n) is 3.35. The van der Waals surface area contributed by atoms with Gasteiger partial charge in [-0.2, -0.15) is 8.42 Å². The number of hydrogen-bond donors (Lipinski definition) is 2. The van der Waals surface area contributed by atoms with Gasteiger partial charge in [-0.3, -0.25) is 4.55 Å². The second-order valence-electron chi connectivity index (χ2n) is 4.94. The van der Waals surface area contributed by atoms with Gasteiger partial charge in [-0.25, -0.2) is 13.7 Å². The number of hydrogen-bond acceptors (Lipinski definition) is 9. The Labute approximate surface area is 154 Å². The van der Waals surface area contributed by atoms with E-state index in [1.165, 1.54) is 44.4 Å². The number of aryl methyl sites for hydroxylation is 1. The molecule has 0 aliphatic heterocycles. The average molecular weight is 422 g/mol. The van der Waals surface area contributed by atoms with Crippen LogP contribution in [0.2, 0.25) is 0 Å². The van der Waals surface area contributed by atoms with Crippen LogP contribution in [0.3, 0.4) is 0 Å². The van der Waals surface area contributed by atoms with E-state index in [4.69, 9.17) is 9.99 Å². The summed E-state index contributed by atoms with van der Waals surface area (Å²) >= 11 is 0.509. The fourth-order valence-corrected chi connectivity index (χ4v) is 4.83. The molecule has 142 valence electrons. The van der Waals surface area contributed by atoms with E-state index in [1.54, 1.807) is 0 Å². The normalized spacial score (nSPS) is 12.2. The molecule has 0 spiro atoms. The van der Waals surface area contributed by atoms with Crippen molar-refractivity contribution in [3.05, 3.63) is 42.0 Å². The molecule has 26 heavy (non-hydrogen) atoms. The molecule has 0 atom stereocenters. The van der Waals surface area contributed by atoms with Crippen molar-refractivity contribution in [1.82, 2.24) is 0 Å². The minimum Gasteiger partial charge on any atom is -0.495 e. The van der Waals surface area contributed by atoms with E-state index in [0.717, 1.165) is 6.07 Å². The lowest BCUT2D eigenvalue weighted by Crippen LogP contribution is -2.07. The summed E-state index contributed by atoms with van der Waals surface area (Å²) in [6.45, 7) is 1.42. The van der Waals surface area contributed by atoms with Crippen molar-refractivity contribution in [3.8, 4) is 5.75 Å². The molecule has 2 N–H and O–H groups in total. The van der Waals surface area contributed by atoms with Crippen LogP contribution in [0, 0.1) is 6.92 Å². The largest absolute Gasteiger partial charge is 0.495 e. The predicted molar refractivity (Wildman–Crippen MR) is 90.1 cm³/mol. The molecule has 2 aromatic rings. The van der Waals surface area contributed by atoms with Gasteiger partial charge in [0, 0.05) is 0 Å². The molecule has 0 aromatic heterocycles. The van der Waals surface area contributed by atoms with Crippen LogP contribution in [-0.2, 0) is 29.3 Å². The van der Waals surface area contributed by atoms with Crippen LogP contribution in [0.5, 0.6) is 5.75 Å². The summed E-state index contributed by atoms with van der Waals surface area (Å²) in [5, 5.41) is 11.7. The first kappa shape index (κ1) is 20.6. The number of rotatable bonds is 7. The number of methoxy groups -OCH3 is 1. The Balaban J connectivity index is 2.58. The van der Waals surface area contributed by atoms with Crippen molar-refractivity contribution in [3.63, 3.8) is 0 Å². The van der Waals surface area contributed by atoms with Crippen LogP contribution in [0.1, 0.15) is 5.56 Å². The fourth-order valence-electron chi connectivity index (χ4n) is 2.10. The summed E-state index contributed by atoms with van der Waals surface area (Å²) in [5.74, 6) is 0.258. The van der Waals surface area contributed by atoms with E-state index in [9.17, 15) is 21.4 Å². The van der Waals surface area contributed by atoms with Gasteiger partial charge in [0.2, 0.25) is 9.84 Å². The summed E-state index contributed by atoms with van der Waals surface area (Å²) in [5.41, 5.74) is 0.200. The highest BCUT2D eigenvalue weighted by atomic mass is 32.2. The van der Waals surface area contributed by atoms with Gasteiger partial charge in [0.1, 0.15) is 5.75 Å². The molecule has 0 saturated heterocycles. The summed E-state index contributed by atoms with van der Waals surface area (Å²) in [4.78, 5) is -0.827. The molecule has 2 rings (SSSR count). The minimum absolute atomic E-state index is 0.185. The fraction of sp³-hybridized carbons (Fsp3) is 0.143. The molecule has 0 unspecified atom stereocenters. The van der Waals surface area contributed by atoms with E-state index in [0.29, 0.717) is 12.0 Å². The topological polar surface area (TPSA) is 136 Å². The maximum atomic E-state index is 12.8. The summed E-state index contributed by atoms with van der Waals surface area (Å²) < 4.78 is 67.0. The third kappa shape index (κ3) is 4.35. The first-order valence-corrected chi connectivity index (χ1v) is 10.4. The van der Waals surface area contributed by atoms with Crippen molar-refractivity contribution < 1.29 is 40.8 Å².